The minimum atomic E-state index is -0.123. The maximum absolute atomic E-state index is 12.9. The standard InChI is InChI=1S/C22H28N6O2/c1-26(2)20-12-16(8-10-23-20)21(29)24-13-19-15-28(18-9-11-27(19)14-18)22(30)25-17-6-4-3-5-7-17/h3-8,10,12,18-19H,9,11,13-15H2,1-2H3,(H,24,29)(H,25,30). The van der Waals surface area contributed by atoms with E-state index in [9.17, 15) is 9.59 Å². The lowest BCUT2D eigenvalue weighted by Gasteiger charge is -2.40. The van der Waals surface area contributed by atoms with Crippen molar-refractivity contribution in [3.05, 3.63) is 54.2 Å². The highest BCUT2D eigenvalue weighted by molar-refractivity contribution is 5.94. The molecule has 1 aromatic carbocycles. The van der Waals surface area contributed by atoms with E-state index >= 15 is 0 Å². The highest BCUT2D eigenvalue weighted by atomic mass is 16.2. The number of urea groups is 1. The largest absolute Gasteiger partial charge is 0.363 e. The lowest BCUT2D eigenvalue weighted by molar-refractivity contribution is 0.0882. The average Bonchev–Trinajstić information content (AvgIpc) is 3.17. The molecule has 2 N–H and O–H groups in total. The molecule has 3 heterocycles. The minimum absolute atomic E-state index is 0.0752. The maximum atomic E-state index is 12.9. The SMILES string of the molecule is CN(C)c1cc(C(=O)NCC2CN(C(=O)Nc3ccccc3)C3CCN2C3)ccn1. The first kappa shape index (κ1) is 20.2. The van der Waals surface area contributed by atoms with Gasteiger partial charge in [-0.3, -0.25) is 9.69 Å². The van der Waals surface area contributed by atoms with Crippen LogP contribution < -0.4 is 15.5 Å². The molecule has 3 amide bonds. The molecule has 8 heteroatoms. The summed E-state index contributed by atoms with van der Waals surface area (Å²) in [5.74, 6) is 0.619. The number of rotatable bonds is 5. The molecule has 2 aliphatic heterocycles. The van der Waals surface area contributed by atoms with E-state index in [0.29, 0.717) is 18.7 Å². The fraction of sp³-hybridized carbons (Fsp3) is 0.409. The summed E-state index contributed by atoms with van der Waals surface area (Å²) in [4.78, 5) is 35.9. The van der Waals surface area contributed by atoms with Crippen molar-refractivity contribution in [1.29, 1.82) is 0 Å². The van der Waals surface area contributed by atoms with Crippen molar-refractivity contribution >= 4 is 23.4 Å². The first-order valence-electron chi connectivity index (χ1n) is 10.3. The van der Waals surface area contributed by atoms with Gasteiger partial charge in [-0.1, -0.05) is 18.2 Å². The van der Waals surface area contributed by atoms with Crippen LogP contribution in [0.3, 0.4) is 0 Å². The van der Waals surface area contributed by atoms with E-state index in [4.69, 9.17) is 0 Å². The van der Waals surface area contributed by atoms with Gasteiger partial charge in [-0.05, 0) is 30.7 Å². The number of hydrogen-bond donors (Lipinski definition) is 2. The van der Waals surface area contributed by atoms with Gasteiger partial charge in [0.25, 0.3) is 5.91 Å². The Morgan fingerprint density at radius 3 is 2.73 bits per heavy atom. The number of anilines is 2. The molecule has 4 rings (SSSR count). The van der Waals surface area contributed by atoms with E-state index in [-0.39, 0.29) is 24.0 Å². The maximum Gasteiger partial charge on any atom is 0.322 e. The number of hydrogen-bond acceptors (Lipinski definition) is 5. The van der Waals surface area contributed by atoms with Crippen LogP contribution in [0, 0.1) is 0 Å². The molecule has 0 radical (unpaired) electrons. The molecule has 2 fully saturated rings. The van der Waals surface area contributed by atoms with Gasteiger partial charge in [-0.2, -0.15) is 0 Å². The average molecular weight is 409 g/mol. The van der Waals surface area contributed by atoms with Crippen LogP contribution in [-0.2, 0) is 0 Å². The van der Waals surface area contributed by atoms with Crippen LogP contribution in [0.15, 0.2) is 48.7 Å². The molecule has 3 atom stereocenters. The van der Waals surface area contributed by atoms with Gasteiger partial charge in [0.15, 0.2) is 0 Å². The van der Waals surface area contributed by atoms with Crippen LogP contribution in [0.1, 0.15) is 16.8 Å². The van der Waals surface area contributed by atoms with Gasteiger partial charge in [0.1, 0.15) is 5.82 Å². The number of aromatic nitrogens is 1. The lowest BCUT2D eigenvalue weighted by atomic mass is 10.1. The Kier molecular flexibility index (Phi) is 5.85. The van der Waals surface area contributed by atoms with Gasteiger partial charge >= 0.3 is 6.03 Å². The quantitative estimate of drug-likeness (QED) is 0.790. The smallest absolute Gasteiger partial charge is 0.322 e. The van der Waals surface area contributed by atoms with E-state index in [1.165, 1.54) is 0 Å². The second-order valence-electron chi connectivity index (χ2n) is 8.05. The molecule has 2 aromatic rings. The number of carbonyl (C=O) groups excluding carboxylic acids is 2. The lowest BCUT2D eigenvalue weighted by Crippen LogP contribution is -2.58. The van der Waals surface area contributed by atoms with E-state index < -0.39 is 0 Å². The number of para-hydroxylation sites is 1. The summed E-state index contributed by atoms with van der Waals surface area (Å²) < 4.78 is 0. The van der Waals surface area contributed by atoms with Crippen LogP contribution >= 0.6 is 0 Å². The minimum Gasteiger partial charge on any atom is -0.363 e. The number of nitrogens with one attached hydrogen (secondary N) is 2. The highest BCUT2D eigenvalue weighted by Gasteiger charge is 2.40. The van der Waals surface area contributed by atoms with Crippen LogP contribution in [0.5, 0.6) is 0 Å². The number of pyridine rings is 1. The Morgan fingerprint density at radius 1 is 1.17 bits per heavy atom. The third-order valence-electron chi connectivity index (χ3n) is 5.81. The van der Waals surface area contributed by atoms with E-state index in [1.54, 1.807) is 18.3 Å². The molecule has 158 valence electrons. The van der Waals surface area contributed by atoms with E-state index in [1.807, 2.05) is 54.2 Å². The second-order valence-corrected chi connectivity index (χ2v) is 8.05. The molecule has 1 aromatic heterocycles. The summed E-state index contributed by atoms with van der Waals surface area (Å²) in [6.45, 7) is 2.90. The molecular weight excluding hydrogens is 380 g/mol. The Hall–Kier alpha value is -3.13. The van der Waals surface area contributed by atoms with Gasteiger partial charge in [0.2, 0.25) is 0 Å². The summed E-state index contributed by atoms with van der Waals surface area (Å²) in [7, 11) is 3.79. The predicted molar refractivity (Wildman–Crippen MR) is 117 cm³/mol. The molecule has 8 nitrogen and oxygen atoms in total. The van der Waals surface area contributed by atoms with E-state index in [0.717, 1.165) is 31.0 Å². The van der Waals surface area contributed by atoms with Gasteiger partial charge in [0.05, 0.1) is 0 Å². The molecule has 2 bridgehead atoms. The number of piperazine rings is 1. The predicted octanol–water partition coefficient (Wildman–Crippen LogP) is 1.87. The fourth-order valence-electron chi connectivity index (χ4n) is 4.12. The van der Waals surface area contributed by atoms with Crippen molar-refractivity contribution < 1.29 is 9.59 Å². The van der Waals surface area contributed by atoms with Crippen LogP contribution in [0.2, 0.25) is 0 Å². The Bertz CT molecular complexity index is 904. The van der Waals surface area contributed by atoms with Crippen molar-refractivity contribution in [2.24, 2.45) is 0 Å². The molecule has 30 heavy (non-hydrogen) atoms. The molecule has 0 saturated carbocycles. The molecular formula is C22H28N6O2. The number of fused-ring (bicyclic) bond motifs is 2. The topological polar surface area (TPSA) is 80.8 Å². The van der Waals surface area contributed by atoms with Crippen molar-refractivity contribution in [2.45, 2.75) is 18.5 Å². The zero-order chi connectivity index (χ0) is 21.1. The zero-order valence-corrected chi connectivity index (χ0v) is 17.4. The number of nitrogens with zero attached hydrogens (tertiary/aromatic N) is 4. The second kappa shape index (κ2) is 8.71. The molecule has 2 saturated heterocycles. The summed E-state index contributed by atoms with van der Waals surface area (Å²) in [5, 5.41) is 6.03. The van der Waals surface area contributed by atoms with Gasteiger partial charge in [-0.25, -0.2) is 9.78 Å². The van der Waals surface area contributed by atoms with Crippen LogP contribution in [0.25, 0.3) is 0 Å². The summed E-state index contributed by atoms with van der Waals surface area (Å²) in [6, 6.07) is 13.3. The third-order valence-corrected chi connectivity index (χ3v) is 5.81. The van der Waals surface area contributed by atoms with Crippen LogP contribution in [-0.4, -0.2) is 79.1 Å². The van der Waals surface area contributed by atoms with Gasteiger partial charge in [0, 0.05) is 69.8 Å². The van der Waals surface area contributed by atoms with Crippen LogP contribution in [0.4, 0.5) is 16.3 Å². The number of carbonyl (C=O) groups is 2. The Balaban J connectivity index is 1.38. The van der Waals surface area contributed by atoms with Crippen molar-refractivity contribution in [1.82, 2.24) is 20.1 Å². The van der Waals surface area contributed by atoms with Gasteiger partial charge < -0.3 is 20.4 Å². The summed E-state index contributed by atoms with van der Waals surface area (Å²) >= 11 is 0. The monoisotopic (exact) mass is 408 g/mol. The van der Waals surface area contributed by atoms with Gasteiger partial charge in [-0.15, -0.1) is 0 Å². The molecule has 0 aliphatic carbocycles. The zero-order valence-electron chi connectivity index (χ0n) is 17.4. The fourth-order valence-corrected chi connectivity index (χ4v) is 4.12. The first-order chi connectivity index (χ1) is 14.5. The third kappa shape index (κ3) is 4.38. The Morgan fingerprint density at radius 2 is 1.97 bits per heavy atom. The van der Waals surface area contributed by atoms with Crippen molar-refractivity contribution in [2.75, 3.05) is 50.5 Å². The number of amides is 3. The first-order valence-corrected chi connectivity index (χ1v) is 10.3. The number of benzene rings is 1. The Labute approximate surface area is 176 Å². The van der Waals surface area contributed by atoms with Crippen molar-refractivity contribution in [3.8, 4) is 0 Å². The highest BCUT2D eigenvalue weighted by Crippen LogP contribution is 2.25. The molecule has 2 aliphatic rings. The van der Waals surface area contributed by atoms with E-state index in [2.05, 4.69) is 20.5 Å². The normalized spacial score (nSPS) is 22.5. The molecule has 3 unspecified atom stereocenters. The summed E-state index contributed by atoms with van der Waals surface area (Å²) in [6.07, 6.45) is 2.61. The van der Waals surface area contributed by atoms with Crippen molar-refractivity contribution in [3.63, 3.8) is 0 Å². The molecule has 0 spiro atoms. The summed E-state index contributed by atoms with van der Waals surface area (Å²) in [5.41, 5.74) is 1.38.